The highest BCUT2D eigenvalue weighted by Crippen LogP contribution is 2.29. The molecule has 0 saturated carbocycles. The van der Waals surface area contributed by atoms with Gasteiger partial charge in [-0.05, 0) is 11.6 Å². The number of carbonyl (C=O) groups is 1. The van der Waals surface area contributed by atoms with Gasteiger partial charge in [0.05, 0.1) is 18.4 Å². The van der Waals surface area contributed by atoms with Gasteiger partial charge in [-0.1, -0.05) is 48.6 Å². The van der Waals surface area contributed by atoms with Crippen LogP contribution in [0.5, 0.6) is 0 Å². The van der Waals surface area contributed by atoms with Crippen LogP contribution in [0.25, 0.3) is 23.4 Å². The number of hydrogen-bond donors (Lipinski definition) is 0. The maximum absolute atomic E-state index is 11.6. The van der Waals surface area contributed by atoms with Crippen molar-refractivity contribution in [3.63, 3.8) is 0 Å². The van der Waals surface area contributed by atoms with Gasteiger partial charge in [-0.3, -0.25) is 4.98 Å². The molecular weight excluding hydrogens is 250 g/mol. The van der Waals surface area contributed by atoms with Crippen molar-refractivity contribution in [2.75, 3.05) is 7.11 Å². The smallest absolute Gasteiger partial charge is 0.339 e. The number of nitrogens with zero attached hydrogens (tertiary/aromatic N) is 1. The molecular formula is C17H13NO2. The first-order chi connectivity index (χ1) is 9.79. The fourth-order valence-electron chi connectivity index (χ4n) is 2.24. The molecule has 20 heavy (non-hydrogen) atoms. The Morgan fingerprint density at radius 1 is 1.10 bits per heavy atom. The van der Waals surface area contributed by atoms with Crippen molar-refractivity contribution in [1.82, 2.24) is 4.98 Å². The lowest BCUT2D eigenvalue weighted by Gasteiger charge is -2.11. The van der Waals surface area contributed by atoms with Gasteiger partial charge in [-0.2, -0.15) is 0 Å². The van der Waals surface area contributed by atoms with Crippen molar-refractivity contribution < 1.29 is 9.53 Å². The number of pyridine rings is 1. The summed E-state index contributed by atoms with van der Waals surface area (Å²) in [6.07, 6.45) is 9.47. The van der Waals surface area contributed by atoms with E-state index < -0.39 is 0 Å². The minimum Gasteiger partial charge on any atom is -0.465 e. The normalized spacial score (nSPS) is 15.2. The Morgan fingerprint density at radius 2 is 1.85 bits per heavy atom. The summed E-state index contributed by atoms with van der Waals surface area (Å²) in [6.45, 7) is 0. The average Bonchev–Trinajstić information content (AvgIpc) is 2.48. The summed E-state index contributed by atoms with van der Waals surface area (Å²) in [5.41, 5.74) is 4.40. The molecule has 3 nitrogen and oxygen atoms in total. The summed E-state index contributed by atoms with van der Waals surface area (Å²) in [5.74, 6) is -0.375. The standard InChI is InChI=1S/C17H13NO2/c1-20-17(19)14-10-13-8-3-2-6-12-7-4-5-9-15(12)16(13)18-11-14/h2-11H,1H3/b3-2?,6-2-,8-3-,12-6?,13-8?,16-15?. The lowest BCUT2D eigenvalue weighted by molar-refractivity contribution is 0.0600. The van der Waals surface area contributed by atoms with Crippen LogP contribution in [0.1, 0.15) is 21.5 Å². The molecule has 0 bridgehead atoms. The van der Waals surface area contributed by atoms with Gasteiger partial charge in [0.1, 0.15) is 0 Å². The molecule has 0 N–H and O–H groups in total. The molecule has 2 aromatic rings. The summed E-state index contributed by atoms with van der Waals surface area (Å²) >= 11 is 0. The molecule has 3 heteroatoms. The van der Waals surface area contributed by atoms with Crippen LogP contribution in [0.4, 0.5) is 0 Å². The summed E-state index contributed by atoms with van der Waals surface area (Å²) in [5, 5.41) is 0. The van der Waals surface area contributed by atoms with Gasteiger partial charge in [0.2, 0.25) is 0 Å². The lowest BCUT2D eigenvalue weighted by Crippen LogP contribution is -2.03. The third-order valence-corrected chi connectivity index (χ3v) is 3.22. The quantitative estimate of drug-likeness (QED) is 0.738. The van der Waals surface area contributed by atoms with Gasteiger partial charge < -0.3 is 4.74 Å². The number of fused-ring (bicyclic) bond motifs is 3. The van der Waals surface area contributed by atoms with Gasteiger partial charge in [0.15, 0.2) is 0 Å². The Bertz CT molecular complexity index is 730. The highest BCUT2D eigenvalue weighted by molar-refractivity contribution is 5.91. The Hall–Kier alpha value is -2.68. The summed E-state index contributed by atoms with van der Waals surface area (Å²) in [6, 6.07) is 9.86. The van der Waals surface area contributed by atoms with E-state index in [9.17, 15) is 4.79 Å². The summed E-state index contributed by atoms with van der Waals surface area (Å²) in [7, 11) is 1.37. The predicted octanol–water partition coefficient (Wildman–Crippen LogP) is 3.58. The molecule has 0 fully saturated rings. The van der Waals surface area contributed by atoms with Crippen molar-refractivity contribution >= 4 is 18.1 Å². The van der Waals surface area contributed by atoms with Crippen molar-refractivity contribution in [3.8, 4) is 11.3 Å². The number of rotatable bonds is 1. The third-order valence-electron chi connectivity index (χ3n) is 3.22. The van der Waals surface area contributed by atoms with Gasteiger partial charge >= 0.3 is 5.97 Å². The van der Waals surface area contributed by atoms with Crippen molar-refractivity contribution in [2.45, 2.75) is 0 Å². The Kier molecular flexibility index (Phi) is 3.17. The van der Waals surface area contributed by atoms with Crippen molar-refractivity contribution in [3.05, 3.63) is 65.4 Å². The molecule has 98 valence electrons. The topological polar surface area (TPSA) is 39.2 Å². The van der Waals surface area contributed by atoms with Gasteiger partial charge in [-0.25, -0.2) is 4.79 Å². The zero-order valence-corrected chi connectivity index (χ0v) is 11.0. The second-order valence-corrected chi connectivity index (χ2v) is 4.46. The number of allylic oxidation sites excluding steroid dienone is 2. The Labute approximate surface area is 117 Å². The van der Waals surface area contributed by atoms with Crippen LogP contribution in [0, 0.1) is 0 Å². The van der Waals surface area contributed by atoms with Crippen LogP contribution in [0.3, 0.4) is 0 Å². The SMILES string of the molecule is COC(=O)c1cnc2c(c1)/C=C\C=C/c1ccccc1-2. The third kappa shape index (κ3) is 2.14. The van der Waals surface area contributed by atoms with E-state index in [4.69, 9.17) is 4.74 Å². The second-order valence-electron chi connectivity index (χ2n) is 4.46. The maximum atomic E-state index is 11.6. The van der Waals surface area contributed by atoms with E-state index in [0.717, 1.165) is 22.4 Å². The van der Waals surface area contributed by atoms with Crippen LogP contribution in [-0.2, 0) is 4.74 Å². The van der Waals surface area contributed by atoms with Crippen molar-refractivity contribution in [1.29, 1.82) is 0 Å². The van der Waals surface area contributed by atoms with E-state index in [0.29, 0.717) is 5.56 Å². The first-order valence-electron chi connectivity index (χ1n) is 6.32. The molecule has 1 aliphatic carbocycles. The first kappa shape index (κ1) is 12.4. The fourth-order valence-corrected chi connectivity index (χ4v) is 2.24. The fraction of sp³-hybridized carbons (Fsp3) is 0.0588. The molecule has 1 aliphatic rings. The molecule has 0 amide bonds. The molecule has 0 aliphatic heterocycles. The van der Waals surface area contributed by atoms with E-state index in [2.05, 4.69) is 4.98 Å². The lowest BCUT2D eigenvalue weighted by atomic mass is 9.97. The minimum atomic E-state index is -0.375. The van der Waals surface area contributed by atoms with Crippen LogP contribution < -0.4 is 0 Å². The number of methoxy groups -OCH3 is 1. The monoisotopic (exact) mass is 263 g/mol. The molecule has 0 saturated heterocycles. The highest BCUT2D eigenvalue weighted by atomic mass is 16.5. The average molecular weight is 263 g/mol. The van der Waals surface area contributed by atoms with E-state index in [1.165, 1.54) is 7.11 Å². The van der Waals surface area contributed by atoms with E-state index in [1.54, 1.807) is 12.3 Å². The van der Waals surface area contributed by atoms with E-state index >= 15 is 0 Å². The second kappa shape index (κ2) is 5.13. The molecule has 1 heterocycles. The highest BCUT2D eigenvalue weighted by Gasteiger charge is 2.13. The molecule has 0 unspecified atom stereocenters. The van der Waals surface area contributed by atoms with Crippen LogP contribution in [-0.4, -0.2) is 18.1 Å². The molecule has 0 atom stereocenters. The first-order valence-corrected chi connectivity index (χ1v) is 6.32. The molecule has 0 spiro atoms. The maximum Gasteiger partial charge on any atom is 0.339 e. The van der Waals surface area contributed by atoms with Crippen molar-refractivity contribution in [2.24, 2.45) is 0 Å². The molecule has 0 radical (unpaired) electrons. The van der Waals surface area contributed by atoms with E-state index in [1.807, 2.05) is 48.6 Å². The molecule has 1 aromatic heterocycles. The van der Waals surface area contributed by atoms with Gasteiger partial charge in [0.25, 0.3) is 0 Å². The number of esters is 1. The van der Waals surface area contributed by atoms with Gasteiger partial charge in [-0.15, -0.1) is 0 Å². The largest absolute Gasteiger partial charge is 0.465 e. The van der Waals surface area contributed by atoms with Crippen LogP contribution in [0.15, 0.2) is 48.7 Å². The van der Waals surface area contributed by atoms with E-state index in [-0.39, 0.29) is 5.97 Å². The number of benzene rings is 1. The zero-order chi connectivity index (χ0) is 13.9. The zero-order valence-electron chi connectivity index (χ0n) is 11.0. The summed E-state index contributed by atoms with van der Waals surface area (Å²) in [4.78, 5) is 16.0. The number of hydrogen-bond acceptors (Lipinski definition) is 3. The van der Waals surface area contributed by atoms with Crippen LogP contribution in [0.2, 0.25) is 0 Å². The predicted molar refractivity (Wildman–Crippen MR) is 79.1 cm³/mol. The number of ether oxygens (including phenoxy) is 1. The molecule has 1 aromatic carbocycles. The van der Waals surface area contributed by atoms with Gasteiger partial charge in [0, 0.05) is 17.3 Å². The summed E-state index contributed by atoms with van der Waals surface area (Å²) < 4.78 is 4.74. The number of carbonyl (C=O) groups excluding carboxylic acids is 1. The Morgan fingerprint density at radius 3 is 2.65 bits per heavy atom. The minimum absolute atomic E-state index is 0.375. The molecule has 3 rings (SSSR count). The Balaban J connectivity index is 2.21. The van der Waals surface area contributed by atoms with Crippen LogP contribution >= 0.6 is 0 Å². The number of aromatic nitrogens is 1.